The molecule has 0 bridgehead atoms. The first-order chi connectivity index (χ1) is 16.4. The van der Waals surface area contributed by atoms with Gasteiger partial charge in [0.1, 0.15) is 5.69 Å². The molecule has 0 amide bonds. The lowest BCUT2D eigenvalue weighted by Gasteiger charge is -2.29. The number of hydrogen-bond donors (Lipinski definition) is 3. The molecule has 0 aromatic heterocycles. The molecule has 2 aliphatic heterocycles. The van der Waals surface area contributed by atoms with E-state index in [2.05, 4.69) is 20.3 Å². The summed E-state index contributed by atoms with van der Waals surface area (Å²) in [6, 6.07) is 11.7. The molecular formula is C23H31N5O5S. The number of hydrogen-bond acceptors (Lipinski definition) is 8. The van der Waals surface area contributed by atoms with E-state index in [9.17, 15) is 18.5 Å². The molecule has 0 unspecified atom stereocenters. The Balaban J connectivity index is 1.39. The minimum absolute atomic E-state index is 0.0989. The molecule has 2 aromatic rings. The number of nitro groups is 1. The average Bonchev–Trinajstić information content (AvgIpc) is 2.87. The van der Waals surface area contributed by atoms with Gasteiger partial charge in [0.15, 0.2) is 0 Å². The minimum Gasteiger partial charge on any atom is -0.381 e. The van der Waals surface area contributed by atoms with Crippen molar-refractivity contribution >= 4 is 27.1 Å². The van der Waals surface area contributed by atoms with Crippen LogP contribution in [-0.4, -0.2) is 59.3 Å². The monoisotopic (exact) mass is 489 g/mol. The van der Waals surface area contributed by atoms with Crippen molar-refractivity contribution in [3.05, 3.63) is 58.1 Å². The van der Waals surface area contributed by atoms with Crippen LogP contribution in [0.1, 0.15) is 18.4 Å². The van der Waals surface area contributed by atoms with Gasteiger partial charge in [0.05, 0.1) is 9.82 Å². The van der Waals surface area contributed by atoms with Gasteiger partial charge < -0.3 is 20.3 Å². The maximum atomic E-state index is 12.8. The van der Waals surface area contributed by atoms with Gasteiger partial charge in [-0.05, 0) is 48.6 Å². The van der Waals surface area contributed by atoms with E-state index in [0.29, 0.717) is 31.4 Å². The van der Waals surface area contributed by atoms with E-state index in [0.717, 1.165) is 56.3 Å². The third-order valence-electron chi connectivity index (χ3n) is 6.28. The number of nitrogens with zero attached hydrogens (tertiary/aromatic N) is 2. The maximum Gasteiger partial charge on any atom is 0.293 e. The fraction of sp³-hybridized carbons (Fsp3) is 0.478. The summed E-state index contributed by atoms with van der Waals surface area (Å²) in [5.74, 6) is 0.372. The Bertz CT molecular complexity index is 1080. The first-order valence-electron chi connectivity index (χ1n) is 11.6. The van der Waals surface area contributed by atoms with Crippen molar-refractivity contribution in [2.75, 3.05) is 56.2 Å². The maximum absolute atomic E-state index is 12.8. The number of nitrogens with one attached hydrogen (secondary N) is 3. The summed E-state index contributed by atoms with van der Waals surface area (Å²) >= 11 is 0. The molecule has 34 heavy (non-hydrogen) atoms. The van der Waals surface area contributed by atoms with E-state index in [4.69, 9.17) is 4.74 Å². The second kappa shape index (κ2) is 11.1. The second-order valence-electron chi connectivity index (χ2n) is 8.60. The molecule has 11 heteroatoms. The summed E-state index contributed by atoms with van der Waals surface area (Å²) < 4.78 is 33.5. The van der Waals surface area contributed by atoms with E-state index < -0.39 is 14.9 Å². The van der Waals surface area contributed by atoms with Crippen molar-refractivity contribution in [2.45, 2.75) is 24.3 Å². The third-order valence-corrected chi connectivity index (χ3v) is 7.68. The van der Waals surface area contributed by atoms with Crippen LogP contribution in [0.4, 0.5) is 17.1 Å². The van der Waals surface area contributed by atoms with Gasteiger partial charge in [0.25, 0.3) is 5.69 Å². The number of sulfonamides is 1. The number of nitro benzene ring substituents is 1. The highest BCUT2D eigenvalue weighted by Gasteiger charge is 2.22. The Morgan fingerprint density at radius 3 is 2.47 bits per heavy atom. The predicted octanol–water partition coefficient (Wildman–Crippen LogP) is 2.32. The number of rotatable bonds is 9. The van der Waals surface area contributed by atoms with Gasteiger partial charge in [-0.2, -0.15) is 0 Å². The molecule has 0 atom stereocenters. The lowest BCUT2D eigenvalue weighted by Crippen LogP contribution is -2.43. The molecule has 0 aliphatic carbocycles. The van der Waals surface area contributed by atoms with E-state index in [-0.39, 0.29) is 17.1 Å². The molecule has 3 N–H and O–H groups in total. The SMILES string of the molecule is O=[N+]([O-])c1cc(S(=O)(=O)NCc2ccc(N3CCNCC3)cc2)ccc1NCC1CCOCC1. The molecule has 2 aromatic carbocycles. The highest BCUT2D eigenvalue weighted by atomic mass is 32.2. The van der Waals surface area contributed by atoms with Crippen molar-refractivity contribution in [1.29, 1.82) is 0 Å². The van der Waals surface area contributed by atoms with Gasteiger partial charge in [-0.3, -0.25) is 10.1 Å². The summed E-state index contributed by atoms with van der Waals surface area (Å²) in [6.45, 7) is 5.82. The number of benzene rings is 2. The Labute approximate surface area is 199 Å². The van der Waals surface area contributed by atoms with Gasteiger partial charge in [0.2, 0.25) is 10.0 Å². The second-order valence-corrected chi connectivity index (χ2v) is 10.4. The van der Waals surface area contributed by atoms with Gasteiger partial charge >= 0.3 is 0 Å². The summed E-state index contributed by atoms with van der Waals surface area (Å²) in [4.78, 5) is 13.2. The molecule has 2 fully saturated rings. The molecule has 0 radical (unpaired) electrons. The van der Waals surface area contributed by atoms with E-state index in [1.54, 1.807) is 0 Å². The zero-order chi connectivity index (χ0) is 24.0. The first-order valence-corrected chi connectivity index (χ1v) is 13.0. The molecule has 0 saturated carbocycles. The first kappa shape index (κ1) is 24.4. The Morgan fingerprint density at radius 2 is 1.79 bits per heavy atom. The normalized spacial score (nSPS) is 17.5. The number of piperazine rings is 1. The average molecular weight is 490 g/mol. The van der Waals surface area contributed by atoms with Crippen LogP contribution in [0.15, 0.2) is 47.4 Å². The summed E-state index contributed by atoms with van der Waals surface area (Å²) in [6.07, 6.45) is 1.79. The quantitative estimate of drug-likeness (QED) is 0.362. The van der Waals surface area contributed by atoms with Crippen LogP contribution in [0.25, 0.3) is 0 Å². The molecule has 4 rings (SSSR count). The molecule has 0 spiro atoms. The molecule has 184 valence electrons. The molecule has 2 heterocycles. The predicted molar refractivity (Wildman–Crippen MR) is 131 cm³/mol. The van der Waals surface area contributed by atoms with E-state index >= 15 is 0 Å². The summed E-state index contributed by atoms with van der Waals surface area (Å²) in [7, 11) is -3.91. The number of anilines is 2. The Hall–Kier alpha value is -2.73. The minimum atomic E-state index is -3.91. The Morgan fingerprint density at radius 1 is 1.09 bits per heavy atom. The van der Waals surface area contributed by atoms with Gasteiger partial charge in [-0.15, -0.1) is 0 Å². The topological polar surface area (TPSA) is 126 Å². The van der Waals surface area contributed by atoms with Crippen LogP contribution in [0.5, 0.6) is 0 Å². The molecule has 10 nitrogen and oxygen atoms in total. The molecule has 2 aliphatic rings. The zero-order valence-electron chi connectivity index (χ0n) is 19.0. The number of ether oxygens (including phenoxy) is 1. The highest BCUT2D eigenvalue weighted by Crippen LogP contribution is 2.28. The van der Waals surface area contributed by atoms with E-state index in [1.165, 1.54) is 12.1 Å². The smallest absolute Gasteiger partial charge is 0.293 e. The van der Waals surface area contributed by atoms with Crippen LogP contribution >= 0.6 is 0 Å². The standard InChI is InChI=1S/C23H31N5O5S/c29-28(30)23-15-21(5-6-22(23)25-16-19-7-13-33-14-8-19)34(31,32)26-17-18-1-3-20(4-2-18)27-11-9-24-10-12-27/h1-6,15,19,24-26H,7-14,16-17H2. The van der Waals surface area contributed by atoms with Crippen LogP contribution in [0.2, 0.25) is 0 Å². The molecular weight excluding hydrogens is 458 g/mol. The van der Waals surface area contributed by atoms with Crippen LogP contribution in [0, 0.1) is 16.0 Å². The largest absolute Gasteiger partial charge is 0.381 e. The summed E-state index contributed by atoms with van der Waals surface area (Å²) in [5.41, 5.74) is 1.98. The fourth-order valence-electron chi connectivity index (χ4n) is 4.19. The third kappa shape index (κ3) is 6.23. The lowest BCUT2D eigenvalue weighted by molar-refractivity contribution is -0.384. The highest BCUT2D eigenvalue weighted by molar-refractivity contribution is 7.89. The van der Waals surface area contributed by atoms with Crippen molar-refractivity contribution in [3.63, 3.8) is 0 Å². The van der Waals surface area contributed by atoms with Crippen molar-refractivity contribution in [2.24, 2.45) is 5.92 Å². The van der Waals surface area contributed by atoms with Gasteiger partial charge in [-0.25, -0.2) is 13.1 Å². The lowest BCUT2D eigenvalue weighted by atomic mass is 10.0. The van der Waals surface area contributed by atoms with Crippen molar-refractivity contribution < 1.29 is 18.1 Å². The van der Waals surface area contributed by atoms with Crippen LogP contribution < -0.4 is 20.3 Å². The fourth-order valence-corrected chi connectivity index (χ4v) is 5.23. The van der Waals surface area contributed by atoms with Crippen LogP contribution in [0.3, 0.4) is 0 Å². The molecule has 2 saturated heterocycles. The summed E-state index contributed by atoms with van der Waals surface area (Å²) in [5, 5.41) is 18.0. The van der Waals surface area contributed by atoms with Crippen molar-refractivity contribution in [3.8, 4) is 0 Å². The van der Waals surface area contributed by atoms with E-state index in [1.807, 2.05) is 24.3 Å². The Kier molecular flexibility index (Phi) is 7.99. The zero-order valence-corrected chi connectivity index (χ0v) is 19.9. The van der Waals surface area contributed by atoms with Crippen LogP contribution in [-0.2, 0) is 21.3 Å². The van der Waals surface area contributed by atoms with Gasteiger partial charge in [-0.1, -0.05) is 12.1 Å². The van der Waals surface area contributed by atoms with Crippen molar-refractivity contribution in [1.82, 2.24) is 10.0 Å². The van der Waals surface area contributed by atoms with Gasteiger partial charge in [0, 0.05) is 64.2 Å².